The fraction of sp³-hybridized carbons (Fsp3) is 0.385. The van der Waals surface area contributed by atoms with Gasteiger partial charge in [0.1, 0.15) is 5.41 Å². The third-order valence-corrected chi connectivity index (χ3v) is 3.70. The van der Waals surface area contributed by atoms with E-state index >= 15 is 0 Å². The van der Waals surface area contributed by atoms with Gasteiger partial charge in [-0.15, -0.1) is 0 Å². The number of nitrogen functional groups attached to an aromatic ring is 1. The maximum absolute atomic E-state index is 12.0. The first-order chi connectivity index (χ1) is 8.46. The largest absolute Gasteiger partial charge is 0.465 e. The average Bonchev–Trinajstić information content (AvgIpc) is 2.72. The topological polar surface area (TPSA) is 65.2 Å². The predicted octanol–water partition coefficient (Wildman–Crippen LogP) is 2.72. The van der Waals surface area contributed by atoms with Crippen LogP contribution in [0.1, 0.15) is 26.5 Å². The van der Waals surface area contributed by atoms with Crippen molar-refractivity contribution in [3.63, 3.8) is 0 Å². The molecule has 0 saturated carbocycles. The number of carbonyl (C=O) groups excluding carboxylic acids is 1. The van der Waals surface area contributed by atoms with E-state index in [9.17, 15) is 4.79 Å². The molecule has 5 heteroatoms. The van der Waals surface area contributed by atoms with Gasteiger partial charge >= 0.3 is 5.97 Å². The molecule has 0 amide bonds. The minimum atomic E-state index is -0.762. The van der Waals surface area contributed by atoms with Crippen LogP contribution in [0.2, 0.25) is 0 Å². The van der Waals surface area contributed by atoms with Gasteiger partial charge in [0.2, 0.25) is 0 Å². The van der Waals surface area contributed by atoms with Gasteiger partial charge in [0.25, 0.3) is 0 Å². The molecule has 1 heterocycles. The van der Waals surface area contributed by atoms with Crippen LogP contribution in [-0.2, 0) is 14.9 Å². The summed E-state index contributed by atoms with van der Waals surface area (Å²) >= 11 is 1.37. The third-order valence-electron chi connectivity index (χ3n) is 2.87. The second-order valence-corrected chi connectivity index (χ2v) is 5.44. The van der Waals surface area contributed by atoms with Crippen molar-refractivity contribution in [2.75, 3.05) is 12.3 Å². The summed E-state index contributed by atoms with van der Waals surface area (Å²) < 4.78 is 10.5. The van der Waals surface area contributed by atoms with Crippen LogP contribution >= 0.6 is 11.5 Å². The zero-order chi connectivity index (χ0) is 13.3. The molecule has 1 aromatic heterocycles. The lowest BCUT2D eigenvalue weighted by Gasteiger charge is -2.20. The van der Waals surface area contributed by atoms with Gasteiger partial charge < -0.3 is 10.5 Å². The van der Waals surface area contributed by atoms with Gasteiger partial charge in [-0.2, -0.15) is 4.37 Å². The monoisotopic (exact) mass is 264 g/mol. The molecule has 18 heavy (non-hydrogen) atoms. The number of benzene rings is 1. The molecule has 96 valence electrons. The van der Waals surface area contributed by atoms with Gasteiger partial charge in [-0.05, 0) is 50.5 Å². The van der Waals surface area contributed by atoms with Crippen molar-refractivity contribution in [1.29, 1.82) is 0 Å². The molecule has 0 atom stereocenters. The number of nitrogens with two attached hydrogens (primary N) is 1. The Hall–Kier alpha value is -1.62. The van der Waals surface area contributed by atoms with E-state index in [4.69, 9.17) is 10.5 Å². The highest BCUT2D eigenvalue weighted by Gasteiger charge is 2.35. The van der Waals surface area contributed by atoms with Gasteiger partial charge in [0.15, 0.2) is 0 Å². The Morgan fingerprint density at radius 2 is 2.22 bits per heavy atom. The molecule has 4 nitrogen and oxygen atoms in total. The van der Waals surface area contributed by atoms with E-state index in [0.717, 1.165) is 15.8 Å². The number of esters is 1. The molecule has 2 N–H and O–H groups in total. The van der Waals surface area contributed by atoms with Crippen LogP contribution < -0.4 is 5.73 Å². The van der Waals surface area contributed by atoms with E-state index < -0.39 is 5.41 Å². The maximum atomic E-state index is 12.0. The molecule has 2 rings (SSSR count). The first kappa shape index (κ1) is 12.8. The van der Waals surface area contributed by atoms with E-state index in [-0.39, 0.29) is 5.97 Å². The lowest BCUT2D eigenvalue weighted by molar-refractivity contribution is -0.148. The standard InChI is InChI=1S/C13H16N2O2S/c1-4-17-12(16)13(2,3)11-9-7-8(14)5-6-10(9)18-15-11/h5-7H,4,14H2,1-3H3. The van der Waals surface area contributed by atoms with Crippen LogP contribution in [0.4, 0.5) is 5.69 Å². The van der Waals surface area contributed by atoms with Crippen LogP contribution in [-0.4, -0.2) is 16.9 Å². The minimum absolute atomic E-state index is 0.264. The quantitative estimate of drug-likeness (QED) is 0.684. The van der Waals surface area contributed by atoms with Crippen LogP contribution in [0.5, 0.6) is 0 Å². The number of nitrogens with zero attached hydrogens (tertiary/aromatic N) is 1. The lowest BCUT2D eigenvalue weighted by atomic mass is 9.87. The Kier molecular flexibility index (Phi) is 3.26. The normalized spacial score (nSPS) is 11.7. The molecule has 0 bridgehead atoms. The van der Waals surface area contributed by atoms with Gasteiger partial charge in [0.05, 0.1) is 17.0 Å². The van der Waals surface area contributed by atoms with Gasteiger partial charge in [-0.25, -0.2) is 0 Å². The summed E-state index contributed by atoms with van der Waals surface area (Å²) in [6, 6.07) is 5.61. The Bertz CT molecular complexity index is 590. The molecule has 0 aliphatic rings. The molecule has 0 saturated heterocycles. The summed E-state index contributed by atoms with van der Waals surface area (Å²) in [4.78, 5) is 12.0. The molecular formula is C13H16N2O2S. The van der Waals surface area contributed by atoms with E-state index in [2.05, 4.69) is 4.37 Å². The summed E-state index contributed by atoms with van der Waals surface area (Å²) in [6.07, 6.45) is 0. The van der Waals surface area contributed by atoms with E-state index in [0.29, 0.717) is 12.3 Å². The van der Waals surface area contributed by atoms with Crippen molar-refractivity contribution >= 4 is 33.3 Å². The van der Waals surface area contributed by atoms with Crippen LogP contribution in [0.3, 0.4) is 0 Å². The van der Waals surface area contributed by atoms with Crippen molar-refractivity contribution in [3.05, 3.63) is 23.9 Å². The van der Waals surface area contributed by atoms with Crippen molar-refractivity contribution in [3.8, 4) is 0 Å². The zero-order valence-electron chi connectivity index (χ0n) is 10.7. The number of hydrogen-bond acceptors (Lipinski definition) is 5. The first-order valence-electron chi connectivity index (χ1n) is 5.79. The molecule has 0 aliphatic carbocycles. The maximum Gasteiger partial charge on any atom is 0.317 e. The van der Waals surface area contributed by atoms with Crippen molar-refractivity contribution in [2.24, 2.45) is 0 Å². The van der Waals surface area contributed by atoms with Crippen LogP contribution in [0.15, 0.2) is 18.2 Å². The van der Waals surface area contributed by atoms with Gasteiger partial charge in [-0.3, -0.25) is 4.79 Å². The molecular weight excluding hydrogens is 248 g/mol. The number of ether oxygens (including phenoxy) is 1. The second-order valence-electron chi connectivity index (χ2n) is 4.63. The summed E-state index contributed by atoms with van der Waals surface area (Å²) in [7, 11) is 0. The molecule has 0 aliphatic heterocycles. The minimum Gasteiger partial charge on any atom is -0.465 e. The van der Waals surface area contributed by atoms with E-state index in [1.165, 1.54) is 11.5 Å². The van der Waals surface area contributed by atoms with Crippen LogP contribution in [0, 0.1) is 0 Å². The smallest absolute Gasteiger partial charge is 0.317 e. The molecule has 2 aromatic rings. The average molecular weight is 264 g/mol. The van der Waals surface area contributed by atoms with Gasteiger partial charge in [0, 0.05) is 11.1 Å². The van der Waals surface area contributed by atoms with Gasteiger partial charge in [-0.1, -0.05) is 0 Å². The number of fused-ring (bicyclic) bond motifs is 1. The zero-order valence-corrected chi connectivity index (χ0v) is 11.5. The Morgan fingerprint density at radius 1 is 1.50 bits per heavy atom. The summed E-state index contributed by atoms with van der Waals surface area (Å²) in [5.74, 6) is -0.264. The highest BCUT2D eigenvalue weighted by atomic mass is 32.1. The SMILES string of the molecule is CCOC(=O)C(C)(C)c1nsc2ccc(N)cc12. The fourth-order valence-corrected chi connectivity index (χ4v) is 2.71. The van der Waals surface area contributed by atoms with Crippen LogP contribution in [0.25, 0.3) is 10.1 Å². The number of hydrogen-bond donors (Lipinski definition) is 1. The molecule has 1 aromatic carbocycles. The van der Waals surface area contributed by atoms with Crippen molar-refractivity contribution < 1.29 is 9.53 Å². The number of carbonyl (C=O) groups is 1. The fourth-order valence-electron chi connectivity index (χ4n) is 1.82. The summed E-state index contributed by atoms with van der Waals surface area (Å²) in [5, 5.41) is 0.929. The molecule has 0 radical (unpaired) electrons. The molecule has 0 unspecified atom stereocenters. The Labute approximate surface area is 110 Å². The second kappa shape index (κ2) is 4.57. The Morgan fingerprint density at radius 3 is 2.89 bits per heavy atom. The number of rotatable bonds is 3. The Balaban J connectivity index is 2.53. The number of aromatic nitrogens is 1. The predicted molar refractivity (Wildman–Crippen MR) is 73.7 cm³/mol. The summed E-state index contributed by atoms with van der Waals surface area (Å²) in [5.41, 5.74) is 6.43. The lowest BCUT2D eigenvalue weighted by Crippen LogP contribution is -2.31. The summed E-state index contributed by atoms with van der Waals surface area (Å²) in [6.45, 7) is 5.81. The van der Waals surface area contributed by atoms with E-state index in [1.54, 1.807) is 6.92 Å². The highest BCUT2D eigenvalue weighted by Crippen LogP contribution is 2.34. The first-order valence-corrected chi connectivity index (χ1v) is 6.56. The van der Waals surface area contributed by atoms with E-state index in [1.807, 2.05) is 32.0 Å². The third kappa shape index (κ3) is 2.06. The van der Waals surface area contributed by atoms with Crippen molar-refractivity contribution in [1.82, 2.24) is 4.37 Å². The highest BCUT2D eigenvalue weighted by molar-refractivity contribution is 7.13. The molecule has 0 spiro atoms. The number of anilines is 1. The molecule has 0 fully saturated rings. The van der Waals surface area contributed by atoms with Crippen molar-refractivity contribution in [2.45, 2.75) is 26.2 Å².